The summed E-state index contributed by atoms with van der Waals surface area (Å²) in [7, 11) is 1.52. The Bertz CT molecular complexity index is 585. The zero-order valence-electron chi connectivity index (χ0n) is 9.11. The largest absolute Gasteiger partial charge is 0.495 e. The average Bonchev–Trinajstić information content (AvgIpc) is 2.77. The van der Waals surface area contributed by atoms with Gasteiger partial charge in [0.25, 0.3) is 11.5 Å². The highest BCUT2D eigenvalue weighted by Crippen LogP contribution is 2.23. The van der Waals surface area contributed by atoms with Crippen molar-refractivity contribution in [3.63, 3.8) is 0 Å². The maximum atomic E-state index is 11.7. The van der Waals surface area contributed by atoms with E-state index in [1.807, 2.05) is 0 Å². The van der Waals surface area contributed by atoms with Crippen molar-refractivity contribution in [1.29, 1.82) is 0 Å². The minimum atomic E-state index is -0.409. The van der Waals surface area contributed by atoms with E-state index in [1.165, 1.54) is 13.2 Å². The van der Waals surface area contributed by atoms with E-state index in [1.54, 1.807) is 24.3 Å². The minimum Gasteiger partial charge on any atom is -0.495 e. The number of benzene rings is 1. The summed E-state index contributed by atoms with van der Waals surface area (Å²) in [6.45, 7) is 0. The van der Waals surface area contributed by atoms with E-state index in [0.717, 1.165) is 0 Å². The zero-order chi connectivity index (χ0) is 12.3. The fraction of sp³-hybridized carbons (Fsp3) is 0.0909. The van der Waals surface area contributed by atoms with Crippen LogP contribution in [0.1, 0.15) is 10.5 Å². The lowest BCUT2D eigenvalue weighted by Crippen LogP contribution is -2.13. The van der Waals surface area contributed by atoms with Crippen LogP contribution in [-0.2, 0) is 0 Å². The highest BCUT2D eigenvalue weighted by Gasteiger charge is 2.10. The lowest BCUT2D eigenvalue weighted by Gasteiger charge is -2.08. The van der Waals surface area contributed by atoms with Crippen molar-refractivity contribution in [3.05, 3.63) is 46.4 Å². The monoisotopic (exact) mass is 233 g/mol. The third-order valence-corrected chi connectivity index (χ3v) is 2.20. The maximum absolute atomic E-state index is 11.7. The first-order valence-electron chi connectivity index (χ1n) is 4.93. The molecule has 88 valence electrons. The summed E-state index contributed by atoms with van der Waals surface area (Å²) >= 11 is 0. The van der Waals surface area contributed by atoms with Crippen LogP contribution in [0.4, 0.5) is 5.69 Å². The molecule has 2 rings (SSSR count). The smallest absolute Gasteiger partial charge is 0.273 e. The molecule has 1 aromatic carbocycles. The summed E-state index contributed by atoms with van der Waals surface area (Å²) in [5.41, 5.74) is 0.359. The number of carbonyl (C=O) groups excluding carboxylic acids is 1. The van der Waals surface area contributed by atoms with Gasteiger partial charge < -0.3 is 10.1 Å². The van der Waals surface area contributed by atoms with Crippen molar-refractivity contribution in [2.45, 2.75) is 0 Å². The van der Waals surface area contributed by atoms with Gasteiger partial charge in [-0.3, -0.25) is 19.8 Å². The molecule has 0 aliphatic carbocycles. The summed E-state index contributed by atoms with van der Waals surface area (Å²) in [4.78, 5) is 22.6. The van der Waals surface area contributed by atoms with Crippen LogP contribution >= 0.6 is 0 Å². The summed E-state index contributed by atoms with van der Waals surface area (Å²) in [5.74, 6) is 0.145. The van der Waals surface area contributed by atoms with Crippen molar-refractivity contribution in [1.82, 2.24) is 10.2 Å². The van der Waals surface area contributed by atoms with Crippen LogP contribution in [-0.4, -0.2) is 23.2 Å². The molecule has 0 saturated heterocycles. The Kier molecular flexibility index (Phi) is 2.95. The van der Waals surface area contributed by atoms with E-state index in [-0.39, 0.29) is 11.3 Å². The van der Waals surface area contributed by atoms with Crippen LogP contribution in [0.3, 0.4) is 0 Å². The normalized spacial score (nSPS) is 9.94. The molecule has 1 heterocycles. The number of methoxy groups -OCH3 is 1. The number of nitrogens with one attached hydrogen (secondary N) is 3. The number of anilines is 1. The summed E-state index contributed by atoms with van der Waals surface area (Å²) in [5, 5.41) is 7.40. The number of carbonyl (C=O) groups is 1. The quantitative estimate of drug-likeness (QED) is 0.738. The second-order valence-corrected chi connectivity index (χ2v) is 3.33. The molecule has 0 unspecified atom stereocenters. The lowest BCUT2D eigenvalue weighted by atomic mass is 10.3. The Morgan fingerprint density at radius 3 is 2.71 bits per heavy atom. The topological polar surface area (TPSA) is 87.0 Å². The first kappa shape index (κ1) is 11.0. The van der Waals surface area contributed by atoms with Crippen molar-refractivity contribution >= 4 is 11.6 Å². The highest BCUT2D eigenvalue weighted by atomic mass is 16.5. The highest BCUT2D eigenvalue weighted by molar-refractivity contribution is 6.03. The molecule has 1 amide bonds. The van der Waals surface area contributed by atoms with Gasteiger partial charge in [-0.25, -0.2) is 0 Å². The molecule has 0 aliphatic rings. The molecular formula is C11H11N3O3. The number of aromatic nitrogens is 2. The predicted octanol–water partition coefficient (Wildman–Crippen LogP) is 0.964. The molecule has 6 nitrogen and oxygen atoms in total. The van der Waals surface area contributed by atoms with E-state index in [4.69, 9.17) is 4.74 Å². The fourth-order valence-corrected chi connectivity index (χ4v) is 1.39. The summed E-state index contributed by atoms with van der Waals surface area (Å²) in [6.07, 6.45) is 0. The van der Waals surface area contributed by atoms with Gasteiger partial charge in [0.15, 0.2) is 0 Å². The number of amides is 1. The third-order valence-electron chi connectivity index (χ3n) is 2.20. The van der Waals surface area contributed by atoms with Gasteiger partial charge in [0.1, 0.15) is 11.4 Å². The number of hydrogen-bond acceptors (Lipinski definition) is 3. The molecule has 0 aliphatic heterocycles. The molecule has 6 heteroatoms. The average molecular weight is 233 g/mol. The third kappa shape index (κ3) is 2.36. The van der Waals surface area contributed by atoms with Gasteiger partial charge in [-0.15, -0.1) is 0 Å². The number of para-hydroxylation sites is 2. The molecule has 0 radical (unpaired) electrons. The Labute approximate surface area is 96.6 Å². The Balaban J connectivity index is 2.21. The Hall–Kier alpha value is -2.50. The number of H-pyrrole nitrogens is 2. The Morgan fingerprint density at radius 2 is 2.06 bits per heavy atom. The summed E-state index contributed by atoms with van der Waals surface area (Å²) < 4.78 is 5.09. The maximum Gasteiger partial charge on any atom is 0.273 e. The number of aromatic amines is 2. The molecule has 0 fully saturated rings. The van der Waals surface area contributed by atoms with E-state index in [0.29, 0.717) is 11.4 Å². The van der Waals surface area contributed by atoms with Gasteiger partial charge in [0, 0.05) is 6.07 Å². The second-order valence-electron chi connectivity index (χ2n) is 3.33. The van der Waals surface area contributed by atoms with Gasteiger partial charge >= 0.3 is 0 Å². The predicted molar refractivity (Wildman–Crippen MR) is 62.4 cm³/mol. The van der Waals surface area contributed by atoms with Crippen molar-refractivity contribution < 1.29 is 9.53 Å². The van der Waals surface area contributed by atoms with Crippen molar-refractivity contribution in [2.24, 2.45) is 0 Å². The molecule has 0 saturated carbocycles. The van der Waals surface area contributed by atoms with E-state index < -0.39 is 5.91 Å². The number of ether oxygens (including phenoxy) is 1. The zero-order valence-corrected chi connectivity index (χ0v) is 9.11. The van der Waals surface area contributed by atoms with E-state index in [9.17, 15) is 9.59 Å². The van der Waals surface area contributed by atoms with Gasteiger partial charge in [-0.2, -0.15) is 0 Å². The van der Waals surface area contributed by atoms with Crippen molar-refractivity contribution in [2.75, 3.05) is 12.4 Å². The standard InChI is InChI=1S/C11H11N3O3/c1-17-9-5-3-2-4-7(9)12-11(16)8-6-10(15)14-13-8/h2-6H,1H3,(H,12,16)(H2,13,14,15). The molecule has 17 heavy (non-hydrogen) atoms. The fourth-order valence-electron chi connectivity index (χ4n) is 1.39. The lowest BCUT2D eigenvalue weighted by molar-refractivity contribution is 0.102. The van der Waals surface area contributed by atoms with Crippen LogP contribution in [0.2, 0.25) is 0 Å². The SMILES string of the molecule is COc1ccccc1NC(=O)c1cc(=O)[nH][nH]1. The van der Waals surface area contributed by atoms with Crippen LogP contribution in [0.5, 0.6) is 5.75 Å². The molecule has 3 N–H and O–H groups in total. The molecule has 0 bridgehead atoms. The molecule has 1 aromatic heterocycles. The molecule has 0 spiro atoms. The van der Waals surface area contributed by atoms with Gasteiger partial charge in [-0.1, -0.05) is 12.1 Å². The van der Waals surface area contributed by atoms with Crippen LogP contribution in [0, 0.1) is 0 Å². The molecule has 2 aromatic rings. The van der Waals surface area contributed by atoms with Gasteiger partial charge in [0.2, 0.25) is 0 Å². The first-order chi connectivity index (χ1) is 8.20. The van der Waals surface area contributed by atoms with Crippen molar-refractivity contribution in [3.8, 4) is 5.75 Å². The van der Waals surface area contributed by atoms with Gasteiger partial charge in [0.05, 0.1) is 12.8 Å². The minimum absolute atomic E-state index is 0.168. The molecular weight excluding hydrogens is 222 g/mol. The number of hydrogen-bond donors (Lipinski definition) is 3. The van der Waals surface area contributed by atoms with Crippen LogP contribution < -0.4 is 15.6 Å². The van der Waals surface area contributed by atoms with Crippen LogP contribution in [0.15, 0.2) is 35.1 Å². The van der Waals surface area contributed by atoms with E-state index >= 15 is 0 Å². The van der Waals surface area contributed by atoms with Gasteiger partial charge in [-0.05, 0) is 12.1 Å². The Morgan fingerprint density at radius 1 is 1.29 bits per heavy atom. The summed E-state index contributed by atoms with van der Waals surface area (Å²) in [6, 6.07) is 8.20. The van der Waals surface area contributed by atoms with Crippen LogP contribution in [0.25, 0.3) is 0 Å². The number of rotatable bonds is 3. The second kappa shape index (κ2) is 4.56. The molecule has 0 atom stereocenters. The van der Waals surface area contributed by atoms with E-state index in [2.05, 4.69) is 15.5 Å². The first-order valence-corrected chi connectivity index (χ1v) is 4.93.